The Bertz CT molecular complexity index is 761. The number of esters is 2. The van der Waals surface area contributed by atoms with E-state index in [4.69, 9.17) is 37.9 Å². The number of hydrogen-bond acceptors (Lipinski definition) is 12. The summed E-state index contributed by atoms with van der Waals surface area (Å²) in [5, 5.41) is 0. The van der Waals surface area contributed by atoms with Gasteiger partial charge in [-0.25, -0.2) is 19.2 Å². The van der Waals surface area contributed by atoms with Gasteiger partial charge in [-0.3, -0.25) is 19.6 Å². The summed E-state index contributed by atoms with van der Waals surface area (Å²) in [4.78, 5) is 58.3. The Morgan fingerprint density at radius 3 is 1.31 bits per heavy atom. The van der Waals surface area contributed by atoms with E-state index in [1.807, 2.05) is 0 Å². The standard InChI is InChI=1S/C20H30N4O12/c1-29-3-5-31-7-9-35-15(25)19-20(16(26)36-10-8-32-6-4-30-2)23-13-34-14-24(20)18(28)22(19)12-33-11-21(19)17(23)27/h3-14H2,1-2H3. The first-order valence-electron chi connectivity index (χ1n) is 11.3. The lowest BCUT2D eigenvalue weighted by Crippen LogP contribution is -2.78. The average molecular weight is 518 g/mol. The van der Waals surface area contributed by atoms with E-state index in [9.17, 15) is 19.2 Å². The molecule has 0 bridgehead atoms. The smallest absolute Gasteiger partial charge is 0.359 e. The van der Waals surface area contributed by atoms with Crippen molar-refractivity contribution in [2.45, 2.75) is 11.3 Å². The van der Waals surface area contributed by atoms with E-state index in [0.29, 0.717) is 13.2 Å². The molecule has 0 aliphatic carbocycles. The Morgan fingerprint density at radius 2 is 0.972 bits per heavy atom. The molecule has 202 valence electrons. The van der Waals surface area contributed by atoms with Gasteiger partial charge in [-0.1, -0.05) is 0 Å². The number of methoxy groups -OCH3 is 2. The first kappa shape index (κ1) is 26.3. The fourth-order valence-corrected chi connectivity index (χ4v) is 4.73. The fourth-order valence-electron chi connectivity index (χ4n) is 4.73. The van der Waals surface area contributed by atoms with E-state index in [1.165, 1.54) is 14.2 Å². The summed E-state index contributed by atoms with van der Waals surface area (Å²) in [5.74, 6) is -1.99. The van der Waals surface area contributed by atoms with Crippen molar-refractivity contribution in [1.29, 1.82) is 0 Å². The molecule has 36 heavy (non-hydrogen) atoms. The topological polar surface area (TPSA) is 155 Å². The predicted octanol–water partition coefficient (Wildman–Crippen LogP) is -1.84. The summed E-state index contributed by atoms with van der Waals surface area (Å²) in [6.07, 6.45) is 0. The van der Waals surface area contributed by atoms with Gasteiger partial charge in [-0.15, -0.1) is 0 Å². The Morgan fingerprint density at radius 1 is 0.639 bits per heavy atom. The van der Waals surface area contributed by atoms with Gasteiger partial charge < -0.3 is 37.9 Å². The summed E-state index contributed by atoms with van der Waals surface area (Å²) in [6, 6.07) is -1.50. The fraction of sp³-hybridized carbons (Fsp3) is 0.800. The molecular weight excluding hydrogens is 488 g/mol. The molecule has 0 N–H and O–H groups in total. The van der Waals surface area contributed by atoms with Crippen molar-refractivity contribution in [2.75, 3.05) is 94.0 Å². The Labute approximate surface area is 206 Å². The molecule has 16 heteroatoms. The lowest BCUT2D eigenvalue weighted by atomic mass is 9.90. The lowest BCUT2D eigenvalue weighted by Gasteiger charge is -2.47. The molecule has 4 aliphatic heterocycles. The summed E-state index contributed by atoms with van der Waals surface area (Å²) in [5.41, 5.74) is -4.38. The van der Waals surface area contributed by atoms with Crippen LogP contribution in [0, 0.1) is 0 Å². The number of ether oxygens (including phenoxy) is 8. The molecule has 0 radical (unpaired) electrons. The highest BCUT2D eigenvalue weighted by Gasteiger charge is 2.88. The minimum absolute atomic E-state index is 0.0381. The second kappa shape index (κ2) is 11.1. The molecule has 4 fully saturated rings. The molecule has 0 atom stereocenters. The molecule has 4 rings (SSSR count). The monoisotopic (exact) mass is 518 g/mol. The zero-order valence-electron chi connectivity index (χ0n) is 20.2. The molecule has 4 saturated heterocycles. The minimum atomic E-state index is -2.19. The van der Waals surface area contributed by atoms with Gasteiger partial charge in [0.05, 0.1) is 39.6 Å². The summed E-state index contributed by atoms with van der Waals surface area (Å²) < 4.78 is 42.2. The Kier molecular flexibility index (Phi) is 8.11. The van der Waals surface area contributed by atoms with Crippen LogP contribution in [0.5, 0.6) is 0 Å². The van der Waals surface area contributed by atoms with Crippen molar-refractivity contribution >= 4 is 24.0 Å². The molecule has 0 aromatic heterocycles. The molecule has 16 nitrogen and oxygen atoms in total. The SMILES string of the molecule is COCCOCCOC(=O)C12N3COCN1C(=O)N1COCN(C3=O)C12C(=O)OCCOCCOC. The zero-order chi connectivity index (χ0) is 25.8. The van der Waals surface area contributed by atoms with Gasteiger partial charge >= 0.3 is 24.0 Å². The summed E-state index contributed by atoms with van der Waals surface area (Å²) in [7, 11) is 3.05. The van der Waals surface area contributed by atoms with Crippen LogP contribution in [-0.4, -0.2) is 149 Å². The largest absolute Gasteiger partial charge is 0.460 e. The maximum atomic E-state index is 13.7. The van der Waals surface area contributed by atoms with Gasteiger partial charge in [0.25, 0.3) is 11.3 Å². The number of hydrogen-bond donors (Lipinski definition) is 0. The van der Waals surface area contributed by atoms with Crippen LogP contribution in [0.15, 0.2) is 0 Å². The third kappa shape index (κ3) is 3.84. The van der Waals surface area contributed by atoms with E-state index in [0.717, 1.165) is 19.6 Å². The second-order valence-electron chi connectivity index (χ2n) is 8.03. The van der Waals surface area contributed by atoms with Gasteiger partial charge in [0.2, 0.25) is 0 Å². The third-order valence-corrected chi connectivity index (χ3v) is 6.21. The van der Waals surface area contributed by atoms with Crippen molar-refractivity contribution in [2.24, 2.45) is 0 Å². The highest BCUT2D eigenvalue weighted by Crippen LogP contribution is 2.55. The van der Waals surface area contributed by atoms with Crippen molar-refractivity contribution in [3.8, 4) is 0 Å². The lowest BCUT2D eigenvalue weighted by molar-refractivity contribution is -0.228. The summed E-state index contributed by atoms with van der Waals surface area (Å²) >= 11 is 0. The van der Waals surface area contributed by atoms with Crippen LogP contribution in [0.4, 0.5) is 9.59 Å². The number of nitrogens with zero attached hydrogens (tertiary/aromatic N) is 4. The molecule has 0 saturated carbocycles. The maximum Gasteiger partial charge on any atom is 0.359 e. The van der Waals surface area contributed by atoms with E-state index in [2.05, 4.69) is 0 Å². The van der Waals surface area contributed by atoms with E-state index < -0.39 is 35.3 Å². The van der Waals surface area contributed by atoms with Crippen LogP contribution in [0.1, 0.15) is 0 Å². The predicted molar refractivity (Wildman–Crippen MR) is 113 cm³/mol. The molecule has 4 amide bonds. The molecular formula is C20H30N4O12. The van der Waals surface area contributed by atoms with Gasteiger partial charge in [0.1, 0.15) is 40.1 Å². The normalized spacial score (nSPS) is 26.5. The van der Waals surface area contributed by atoms with Crippen molar-refractivity contribution in [3.05, 3.63) is 0 Å². The highest BCUT2D eigenvalue weighted by atomic mass is 16.6. The molecule has 0 aromatic carbocycles. The van der Waals surface area contributed by atoms with Crippen LogP contribution >= 0.6 is 0 Å². The van der Waals surface area contributed by atoms with E-state index in [-0.39, 0.29) is 66.6 Å². The van der Waals surface area contributed by atoms with Crippen LogP contribution in [-0.2, 0) is 47.5 Å². The molecule has 4 heterocycles. The highest BCUT2D eigenvalue weighted by molar-refractivity contribution is 6.09. The van der Waals surface area contributed by atoms with Crippen LogP contribution in [0.3, 0.4) is 0 Å². The number of carbonyl (C=O) groups excluding carboxylic acids is 4. The van der Waals surface area contributed by atoms with E-state index >= 15 is 0 Å². The quantitative estimate of drug-likeness (QED) is 0.187. The van der Waals surface area contributed by atoms with Crippen molar-refractivity contribution in [1.82, 2.24) is 19.6 Å². The number of urea groups is 2. The third-order valence-electron chi connectivity index (χ3n) is 6.21. The average Bonchev–Trinajstić information content (AvgIpc) is 3.28. The van der Waals surface area contributed by atoms with Gasteiger partial charge in [-0.2, -0.15) is 0 Å². The van der Waals surface area contributed by atoms with Crippen LogP contribution in [0.2, 0.25) is 0 Å². The molecule has 0 unspecified atom stereocenters. The van der Waals surface area contributed by atoms with Gasteiger partial charge in [0.15, 0.2) is 0 Å². The Hall–Kier alpha value is -2.76. The molecule has 4 aliphatic rings. The minimum Gasteiger partial charge on any atom is -0.460 e. The summed E-state index contributed by atoms with van der Waals surface area (Å²) in [6.45, 7) is -0.470. The van der Waals surface area contributed by atoms with Crippen molar-refractivity contribution in [3.63, 3.8) is 0 Å². The van der Waals surface area contributed by atoms with Gasteiger partial charge in [-0.05, 0) is 0 Å². The molecule has 0 spiro atoms. The van der Waals surface area contributed by atoms with Crippen LogP contribution in [0.25, 0.3) is 0 Å². The zero-order valence-corrected chi connectivity index (χ0v) is 20.2. The first-order chi connectivity index (χ1) is 17.5. The van der Waals surface area contributed by atoms with E-state index in [1.54, 1.807) is 0 Å². The first-order valence-corrected chi connectivity index (χ1v) is 11.3. The van der Waals surface area contributed by atoms with Crippen LogP contribution < -0.4 is 0 Å². The Balaban J connectivity index is 1.62. The number of rotatable bonds is 14. The number of carbonyl (C=O) groups is 4. The maximum absolute atomic E-state index is 13.7. The molecule has 0 aromatic rings. The van der Waals surface area contributed by atoms with Crippen molar-refractivity contribution < 1.29 is 57.1 Å². The second-order valence-corrected chi connectivity index (χ2v) is 8.03. The van der Waals surface area contributed by atoms with Gasteiger partial charge in [0, 0.05) is 14.2 Å². The number of amides is 4.